The van der Waals surface area contributed by atoms with Crippen molar-refractivity contribution in [2.75, 3.05) is 44.8 Å². The lowest BCUT2D eigenvalue weighted by atomic mass is 10.3. The Bertz CT molecular complexity index is 774. The molecule has 7 nitrogen and oxygen atoms in total. The predicted octanol–water partition coefficient (Wildman–Crippen LogP) is 2.12. The molecule has 27 heavy (non-hydrogen) atoms. The number of ether oxygens (including phenoxy) is 1. The van der Waals surface area contributed by atoms with E-state index in [1.165, 1.54) is 18.3 Å². The zero-order chi connectivity index (χ0) is 19.2. The van der Waals surface area contributed by atoms with E-state index in [-0.39, 0.29) is 11.8 Å². The second-order valence-electron chi connectivity index (χ2n) is 6.48. The number of benzene rings is 1. The Morgan fingerprint density at radius 3 is 2.59 bits per heavy atom. The van der Waals surface area contributed by atoms with Crippen molar-refractivity contribution in [3.8, 4) is 0 Å². The van der Waals surface area contributed by atoms with Crippen LogP contribution < -0.4 is 4.90 Å². The van der Waals surface area contributed by atoms with Crippen LogP contribution >= 0.6 is 11.3 Å². The first-order valence-corrected chi connectivity index (χ1v) is 9.77. The Balaban J connectivity index is 1.62. The van der Waals surface area contributed by atoms with Crippen LogP contribution in [0.5, 0.6) is 0 Å². The van der Waals surface area contributed by atoms with E-state index in [0.717, 1.165) is 11.4 Å². The van der Waals surface area contributed by atoms with Crippen LogP contribution in [0.15, 0.2) is 35.7 Å². The highest BCUT2D eigenvalue weighted by Gasteiger charge is 2.20. The number of thiazole rings is 1. The fourth-order valence-electron chi connectivity index (χ4n) is 2.95. The molecular weight excluding hydrogens is 364 g/mol. The number of aromatic nitrogens is 1. The topological polar surface area (TPSA) is 66.0 Å². The molecule has 0 radical (unpaired) electrons. The number of anilines is 2. The van der Waals surface area contributed by atoms with Crippen LogP contribution in [0, 0.1) is 0 Å². The predicted molar refractivity (Wildman–Crippen MR) is 105 cm³/mol. The van der Waals surface area contributed by atoms with E-state index >= 15 is 0 Å². The van der Waals surface area contributed by atoms with Gasteiger partial charge < -0.3 is 9.64 Å². The monoisotopic (exact) mass is 388 g/mol. The number of morpholine rings is 1. The fourth-order valence-corrected chi connectivity index (χ4v) is 3.83. The number of para-hydroxylation sites is 1. The first-order valence-electron chi connectivity index (χ1n) is 8.89. The summed E-state index contributed by atoms with van der Waals surface area (Å²) in [6, 6.07) is 9.47. The SMILES string of the molecule is CC(=O)N(c1ccccc1)c1nc(CN(C)CC(=O)N2CCOCC2)cs1. The number of rotatable bonds is 6. The van der Waals surface area contributed by atoms with Gasteiger partial charge in [0, 0.05) is 31.9 Å². The van der Waals surface area contributed by atoms with E-state index in [2.05, 4.69) is 4.98 Å². The van der Waals surface area contributed by atoms with E-state index in [1.807, 2.05) is 52.6 Å². The molecule has 2 aromatic rings. The minimum Gasteiger partial charge on any atom is -0.378 e. The largest absolute Gasteiger partial charge is 0.378 e. The van der Waals surface area contributed by atoms with E-state index < -0.39 is 0 Å². The average molecular weight is 388 g/mol. The Morgan fingerprint density at radius 2 is 1.93 bits per heavy atom. The van der Waals surface area contributed by atoms with Gasteiger partial charge in [0.15, 0.2) is 5.13 Å². The Labute approximate surface area is 163 Å². The summed E-state index contributed by atoms with van der Waals surface area (Å²) < 4.78 is 5.28. The number of amides is 2. The molecule has 0 unspecified atom stereocenters. The van der Waals surface area contributed by atoms with Gasteiger partial charge in [-0.15, -0.1) is 11.3 Å². The van der Waals surface area contributed by atoms with Gasteiger partial charge in [0.2, 0.25) is 11.8 Å². The number of hydrogen-bond donors (Lipinski definition) is 0. The highest BCUT2D eigenvalue weighted by Crippen LogP contribution is 2.28. The third-order valence-corrected chi connectivity index (χ3v) is 5.14. The van der Waals surface area contributed by atoms with Gasteiger partial charge in [0.05, 0.1) is 31.1 Å². The summed E-state index contributed by atoms with van der Waals surface area (Å²) in [5.41, 5.74) is 1.64. The van der Waals surface area contributed by atoms with Gasteiger partial charge in [-0.3, -0.25) is 19.4 Å². The number of carbonyl (C=O) groups excluding carboxylic acids is 2. The molecule has 1 aliphatic rings. The number of likely N-dealkylation sites (N-methyl/N-ethyl adjacent to an activating group) is 1. The molecule has 1 aliphatic heterocycles. The van der Waals surface area contributed by atoms with Crippen LogP contribution in [0.4, 0.5) is 10.8 Å². The lowest BCUT2D eigenvalue weighted by Gasteiger charge is -2.28. The van der Waals surface area contributed by atoms with Crippen molar-refractivity contribution in [3.63, 3.8) is 0 Å². The molecule has 1 aromatic carbocycles. The molecule has 0 N–H and O–H groups in total. The first kappa shape index (κ1) is 19.5. The Morgan fingerprint density at radius 1 is 1.22 bits per heavy atom. The zero-order valence-corrected chi connectivity index (χ0v) is 16.4. The summed E-state index contributed by atoms with van der Waals surface area (Å²) in [6.45, 7) is 4.92. The van der Waals surface area contributed by atoms with Crippen LogP contribution in [0.1, 0.15) is 12.6 Å². The quantitative estimate of drug-likeness (QED) is 0.758. The molecule has 144 valence electrons. The molecule has 3 rings (SSSR count). The smallest absolute Gasteiger partial charge is 0.236 e. The molecule has 0 spiro atoms. The molecule has 8 heteroatoms. The Hall–Kier alpha value is -2.29. The van der Waals surface area contributed by atoms with E-state index in [1.54, 1.807) is 4.90 Å². The molecular formula is C19H24N4O3S. The maximum atomic E-state index is 12.3. The van der Waals surface area contributed by atoms with Crippen molar-refractivity contribution < 1.29 is 14.3 Å². The summed E-state index contributed by atoms with van der Waals surface area (Å²) in [7, 11) is 1.90. The number of nitrogens with zero attached hydrogens (tertiary/aromatic N) is 4. The maximum absolute atomic E-state index is 12.3. The van der Waals surface area contributed by atoms with Crippen molar-refractivity contribution in [2.45, 2.75) is 13.5 Å². The standard InChI is InChI=1S/C19H24N4O3S/c1-15(24)23(17-6-4-3-5-7-17)19-20-16(14-27-19)12-21(2)13-18(25)22-8-10-26-11-9-22/h3-7,14H,8-13H2,1-2H3. The first-order chi connectivity index (χ1) is 13.0. The molecule has 0 bridgehead atoms. The van der Waals surface area contributed by atoms with Gasteiger partial charge in [-0.05, 0) is 19.2 Å². The summed E-state index contributed by atoms with van der Waals surface area (Å²) in [6.07, 6.45) is 0. The van der Waals surface area contributed by atoms with Crippen molar-refractivity contribution in [2.24, 2.45) is 0 Å². The van der Waals surface area contributed by atoms with Crippen molar-refractivity contribution >= 4 is 34.0 Å². The van der Waals surface area contributed by atoms with Crippen LogP contribution in [0.2, 0.25) is 0 Å². The summed E-state index contributed by atoms with van der Waals surface area (Å²) >= 11 is 1.43. The van der Waals surface area contributed by atoms with E-state index in [4.69, 9.17) is 4.74 Å². The third-order valence-electron chi connectivity index (χ3n) is 4.26. The minimum absolute atomic E-state index is 0.0852. The van der Waals surface area contributed by atoms with Gasteiger partial charge >= 0.3 is 0 Å². The summed E-state index contributed by atoms with van der Waals surface area (Å²) in [5, 5.41) is 2.57. The van der Waals surface area contributed by atoms with Gasteiger partial charge in [-0.1, -0.05) is 18.2 Å². The number of carbonyl (C=O) groups is 2. The van der Waals surface area contributed by atoms with Crippen LogP contribution in [0.25, 0.3) is 0 Å². The highest BCUT2D eigenvalue weighted by molar-refractivity contribution is 7.14. The molecule has 1 saturated heterocycles. The van der Waals surface area contributed by atoms with Crippen molar-refractivity contribution in [3.05, 3.63) is 41.4 Å². The summed E-state index contributed by atoms with van der Waals surface area (Å²) in [5.74, 6) is 0.0175. The second-order valence-corrected chi connectivity index (χ2v) is 7.31. The van der Waals surface area contributed by atoms with Crippen LogP contribution in [0.3, 0.4) is 0 Å². The molecule has 2 amide bonds. The molecule has 0 atom stereocenters. The van der Waals surface area contributed by atoms with Gasteiger partial charge in [0.25, 0.3) is 0 Å². The minimum atomic E-state index is -0.0852. The molecule has 0 aliphatic carbocycles. The van der Waals surface area contributed by atoms with Crippen LogP contribution in [-0.2, 0) is 20.9 Å². The second kappa shape index (κ2) is 9.07. The molecule has 1 fully saturated rings. The van der Waals surface area contributed by atoms with Gasteiger partial charge in [-0.2, -0.15) is 0 Å². The third kappa shape index (κ3) is 5.12. The average Bonchev–Trinajstić information content (AvgIpc) is 3.10. The normalized spacial score (nSPS) is 14.4. The van der Waals surface area contributed by atoms with Gasteiger partial charge in [-0.25, -0.2) is 4.98 Å². The lowest BCUT2D eigenvalue weighted by Crippen LogP contribution is -2.44. The lowest BCUT2D eigenvalue weighted by molar-refractivity contribution is -0.136. The fraction of sp³-hybridized carbons (Fsp3) is 0.421. The number of hydrogen-bond acceptors (Lipinski definition) is 6. The van der Waals surface area contributed by atoms with Crippen molar-refractivity contribution in [1.82, 2.24) is 14.8 Å². The van der Waals surface area contributed by atoms with Crippen LogP contribution in [-0.4, -0.2) is 66.5 Å². The van der Waals surface area contributed by atoms with E-state index in [0.29, 0.717) is 44.5 Å². The van der Waals surface area contributed by atoms with Gasteiger partial charge in [0.1, 0.15) is 0 Å². The van der Waals surface area contributed by atoms with Crippen molar-refractivity contribution in [1.29, 1.82) is 0 Å². The Kier molecular flexibility index (Phi) is 6.54. The summed E-state index contributed by atoms with van der Waals surface area (Å²) in [4.78, 5) is 34.4. The highest BCUT2D eigenvalue weighted by atomic mass is 32.1. The maximum Gasteiger partial charge on any atom is 0.236 e. The zero-order valence-electron chi connectivity index (χ0n) is 15.6. The molecule has 1 aromatic heterocycles. The molecule has 2 heterocycles. The molecule has 0 saturated carbocycles. The van der Waals surface area contributed by atoms with E-state index in [9.17, 15) is 9.59 Å².